The minimum Gasteiger partial charge on any atom is -0.327 e. The molecule has 0 aliphatic rings. The molecule has 0 aliphatic carbocycles. The summed E-state index contributed by atoms with van der Waals surface area (Å²) >= 11 is 0. The maximum atomic E-state index is 13.5. The summed E-state index contributed by atoms with van der Waals surface area (Å²) in [7, 11) is 1.77. The Morgan fingerprint density at radius 2 is 1.67 bits per heavy atom. The zero-order valence-corrected chi connectivity index (χ0v) is 14.1. The van der Waals surface area contributed by atoms with Crippen LogP contribution in [0.1, 0.15) is 5.56 Å². The third-order valence-corrected chi connectivity index (χ3v) is 4.34. The maximum Gasteiger partial charge on any atom is 0.416 e. The Kier molecular flexibility index (Phi) is 3.95. The lowest BCUT2D eigenvalue weighted by molar-refractivity contribution is -0.137. The van der Waals surface area contributed by atoms with E-state index in [4.69, 9.17) is 0 Å². The molecule has 2 aromatic heterocycles. The van der Waals surface area contributed by atoms with Gasteiger partial charge in [0.05, 0.1) is 23.0 Å². The minimum atomic E-state index is -4.42. The fourth-order valence-electron chi connectivity index (χ4n) is 2.99. The van der Waals surface area contributed by atoms with Crippen molar-refractivity contribution in [3.05, 3.63) is 72.2 Å². The van der Waals surface area contributed by atoms with E-state index in [-0.39, 0.29) is 5.82 Å². The van der Waals surface area contributed by atoms with Gasteiger partial charge in [-0.25, -0.2) is 9.37 Å². The summed E-state index contributed by atoms with van der Waals surface area (Å²) in [5.74, 6) is 0.176. The lowest BCUT2D eigenvalue weighted by Gasteiger charge is -2.08. The van der Waals surface area contributed by atoms with Gasteiger partial charge in [-0.3, -0.25) is 4.98 Å². The Balaban J connectivity index is 1.83. The van der Waals surface area contributed by atoms with Gasteiger partial charge in [0.2, 0.25) is 0 Å². The monoisotopic (exact) mass is 371 g/mol. The number of halogens is 4. The van der Waals surface area contributed by atoms with Gasteiger partial charge in [0.25, 0.3) is 0 Å². The number of fused-ring (bicyclic) bond motifs is 1. The highest BCUT2D eigenvalue weighted by atomic mass is 19.4. The number of aromatic nitrogens is 3. The first-order valence-corrected chi connectivity index (χ1v) is 8.09. The smallest absolute Gasteiger partial charge is 0.327 e. The number of benzene rings is 2. The Bertz CT molecular complexity index is 1150. The summed E-state index contributed by atoms with van der Waals surface area (Å²) in [6, 6.07) is 12.8. The molecule has 0 bridgehead atoms. The molecule has 0 fully saturated rings. The number of hydrogen-bond acceptors (Lipinski definition) is 2. The standard InChI is InChI=1S/C20H13F4N3/c1-27-18-10-16(12-4-2-6-14(8-12)20(22,23)24)25-11-17(18)26-19(27)13-5-3-7-15(21)9-13/h2-11H,1H3. The molecule has 0 atom stereocenters. The second-order valence-corrected chi connectivity index (χ2v) is 6.14. The quantitative estimate of drug-likeness (QED) is 0.438. The molecular formula is C20H13F4N3. The average Bonchev–Trinajstić information content (AvgIpc) is 2.97. The van der Waals surface area contributed by atoms with Crippen molar-refractivity contribution in [3.8, 4) is 22.6 Å². The zero-order valence-electron chi connectivity index (χ0n) is 14.1. The van der Waals surface area contributed by atoms with Crippen molar-refractivity contribution >= 4 is 11.0 Å². The van der Waals surface area contributed by atoms with Crippen molar-refractivity contribution in [2.24, 2.45) is 7.05 Å². The van der Waals surface area contributed by atoms with Gasteiger partial charge < -0.3 is 4.57 Å². The van der Waals surface area contributed by atoms with E-state index in [0.29, 0.717) is 33.7 Å². The summed E-state index contributed by atoms with van der Waals surface area (Å²) in [5, 5.41) is 0. The summed E-state index contributed by atoms with van der Waals surface area (Å²) in [6.45, 7) is 0. The van der Waals surface area contributed by atoms with Crippen LogP contribution in [0.3, 0.4) is 0 Å². The van der Waals surface area contributed by atoms with E-state index in [2.05, 4.69) is 9.97 Å². The maximum absolute atomic E-state index is 13.5. The number of imidazole rings is 1. The van der Waals surface area contributed by atoms with E-state index in [0.717, 1.165) is 12.1 Å². The van der Waals surface area contributed by atoms with Gasteiger partial charge in [-0.05, 0) is 30.3 Å². The van der Waals surface area contributed by atoms with Crippen LogP contribution >= 0.6 is 0 Å². The first-order chi connectivity index (χ1) is 12.8. The van der Waals surface area contributed by atoms with E-state index >= 15 is 0 Å². The van der Waals surface area contributed by atoms with E-state index in [9.17, 15) is 17.6 Å². The molecule has 0 aliphatic heterocycles. The van der Waals surface area contributed by atoms with E-state index in [1.165, 1.54) is 24.4 Å². The predicted octanol–water partition coefficient (Wildman–Crippen LogP) is 5.46. The Morgan fingerprint density at radius 1 is 0.926 bits per heavy atom. The SMILES string of the molecule is Cn1c(-c2cccc(F)c2)nc2cnc(-c3cccc(C(F)(F)F)c3)cc21. The minimum absolute atomic E-state index is 0.361. The number of pyridine rings is 1. The Morgan fingerprint density at radius 3 is 2.41 bits per heavy atom. The van der Waals surface area contributed by atoms with Crippen LogP contribution < -0.4 is 0 Å². The predicted molar refractivity (Wildman–Crippen MR) is 94.3 cm³/mol. The van der Waals surface area contributed by atoms with Crippen molar-refractivity contribution in [3.63, 3.8) is 0 Å². The molecule has 0 saturated heterocycles. The largest absolute Gasteiger partial charge is 0.416 e. The van der Waals surface area contributed by atoms with Gasteiger partial charge >= 0.3 is 6.18 Å². The third kappa shape index (κ3) is 3.16. The lowest BCUT2D eigenvalue weighted by Crippen LogP contribution is -2.04. The van der Waals surface area contributed by atoms with Crippen LogP contribution in [-0.2, 0) is 13.2 Å². The number of nitrogens with zero attached hydrogens (tertiary/aromatic N) is 3. The molecule has 0 N–H and O–H groups in total. The van der Waals surface area contributed by atoms with Crippen LogP contribution in [0, 0.1) is 5.82 Å². The van der Waals surface area contributed by atoms with Crippen molar-refractivity contribution in [2.75, 3.05) is 0 Å². The number of rotatable bonds is 2. The molecule has 4 rings (SSSR count). The zero-order chi connectivity index (χ0) is 19.2. The van der Waals surface area contributed by atoms with Gasteiger partial charge in [-0.15, -0.1) is 0 Å². The van der Waals surface area contributed by atoms with Crippen LogP contribution in [-0.4, -0.2) is 14.5 Å². The van der Waals surface area contributed by atoms with Crippen molar-refractivity contribution in [1.29, 1.82) is 0 Å². The topological polar surface area (TPSA) is 30.7 Å². The first-order valence-electron chi connectivity index (χ1n) is 8.09. The third-order valence-electron chi connectivity index (χ3n) is 4.34. The fourth-order valence-corrected chi connectivity index (χ4v) is 2.99. The molecule has 0 unspecified atom stereocenters. The number of aryl methyl sites for hydroxylation is 1. The first kappa shape index (κ1) is 17.2. The van der Waals surface area contributed by atoms with Crippen LogP contribution in [0.25, 0.3) is 33.7 Å². The molecule has 2 aromatic carbocycles. The fraction of sp³-hybridized carbons (Fsp3) is 0.100. The summed E-state index contributed by atoms with van der Waals surface area (Å²) in [4.78, 5) is 8.72. The molecule has 3 nitrogen and oxygen atoms in total. The molecule has 136 valence electrons. The number of hydrogen-bond donors (Lipinski definition) is 0. The van der Waals surface area contributed by atoms with Crippen LogP contribution in [0.2, 0.25) is 0 Å². The molecule has 2 heterocycles. The van der Waals surface area contributed by atoms with Gasteiger partial charge in [0.15, 0.2) is 0 Å². The van der Waals surface area contributed by atoms with Crippen molar-refractivity contribution in [1.82, 2.24) is 14.5 Å². The van der Waals surface area contributed by atoms with Gasteiger partial charge in [0, 0.05) is 18.2 Å². The van der Waals surface area contributed by atoms with E-state index in [1.807, 2.05) is 0 Å². The summed E-state index contributed by atoms with van der Waals surface area (Å²) in [5.41, 5.74) is 1.91. The highest BCUT2D eigenvalue weighted by Crippen LogP contribution is 2.32. The molecule has 7 heteroatoms. The van der Waals surface area contributed by atoms with Crippen LogP contribution in [0.15, 0.2) is 60.8 Å². The molecular weight excluding hydrogens is 358 g/mol. The molecule has 0 spiro atoms. The van der Waals surface area contributed by atoms with Gasteiger partial charge in [-0.1, -0.05) is 24.3 Å². The molecule has 4 aromatic rings. The summed E-state index contributed by atoms with van der Waals surface area (Å²) in [6.07, 6.45) is -2.91. The highest BCUT2D eigenvalue weighted by Gasteiger charge is 2.30. The van der Waals surface area contributed by atoms with Gasteiger partial charge in [0.1, 0.15) is 17.2 Å². The second-order valence-electron chi connectivity index (χ2n) is 6.14. The van der Waals surface area contributed by atoms with Crippen LogP contribution in [0.4, 0.5) is 17.6 Å². The lowest BCUT2D eigenvalue weighted by atomic mass is 10.1. The highest BCUT2D eigenvalue weighted by molar-refractivity contribution is 5.83. The normalized spacial score (nSPS) is 11.9. The average molecular weight is 371 g/mol. The molecule has 0 amide bonds. The summed E-state index contributed by atoms with van der Waals surface area (Å²) < 4.78 is 54.2. The molecule has 0 radical (unpaired) electrons. The van der Waals surface area contributed by atoms with Crippen molar-refractivity contribution in [2.45, 2.75) is 6.18 Å². The van der Waals surface area contributed by atoms with E-state index in [1.54, 1.807) is 35.9 Å². The van der Waals surface area contributed by atoms with Gasteiger partial charge in [-0.2, -0.15) is 13.2 Å². The van der Waals surface area contributed by atoms with E-state index < -0.39 is 11.7 Å². The molecule has 27 heavy (non-hydrogen) atoms. The number of alkyl halides is 3. The molecule has 0 saturated carbocycles. The Hall–Kier alpha value is -3.22. The second kappa shape index (κ2) is 6.19. The van der Waals surface area contributed by atoms with Crippen LogP contribution in [0.5, 0.6) is 0 Å². The Labute approximate surface area is 151 Å². The van der Waals surface area contributed by atoms with Crippen molar-refractivity contribution < 1.29 is 17.6 Å².